The lowest BCUT2D eigenvalue weighted by Crippen LogP contribution is -2.07. The molecule has 0 aliphatic rings. The number of carbonyl (C=O) groups excluding carboxylic acids is 1. The molecule has 0 aliphatic heterocycles. The highest BCUT2D eigenvalue weighted by Gasteiger charge is 2.12. The van der Waals surface area contributed by atoms with Crippen LogP contribution in [0.1, 0.15) is 41.3 Å². The van der Waals surface area contributed by atoms with E-state index in [0.717, 1.165) is 11.1 Å². The van der Waals surface area contributed by atoms with E-state index in [1.54, 1.807) is 12.1 Å². The van der Waals surface area contributed by atoms with Gasteiger partial charge in [-0.05, 0) is 30.5 Å². The smallest absolute Gasteiger partial charge is 0.335 e. The second kappa shape index (κ2) is 5.45. The molecule has 86 valence electrons. The molecule has 0 radical (unpaired) electrons. The molecule has 0 spiro atoms. The van der Waals surface area contributed by atoms with E-state index >= 15 is 0 Å². The number of hydrogen-bond donors (Lipinski definition) is 1. The monoisotopic (exact) mass is 220 g/mol. The van der Waals surface area contributed by atoms with Gasteiger partial charge in [-0.15, -0.1) is 0 Å². The first-order valence-corrected chi connectivity index (χ1v) is 5.39. The molecule has 1 N–H and O–H groups in total. The van der Waals surface area contributed by atoms with Crippen LogP contribution in [0, 0.1) is 6.92 Å². The first-order valence-electron chi connectivity index (χ1n) is 5.39. The second-order valence-corrected chi connectivity index (χ2v) is 3.80. The van der Waals surface area contributed by atoms with Crippen molar-refractivity contribution in [1.29, 1.82) is 0 Å². The van der Waals surface area contributed by atoms with E-state index in [1.165, 1.54) is 0 Å². The van der Waals surface area contributed by atoms with Crippen LogP contribution in [0.3, 0.4) is 0 Å². The standard InChI is InChI=1S/C13H16O3/c1-3-10(14)7-8-11-9(2)5-4-6-12(11)13(15)16/h4-6H,3,7-8H2,1-2H3,(H,15,16). The van der Waals surface area contributed by atoms with Crippen molar-refractivity contribution >= 4 is 11.8 Å². The predicted octanol–water partition coefficient (Wildman–Crippen LogP) is 2.60. The third-order valence-corrected chi connectivity index (χ3v) is 2.69. The van der Waals surface area contributed by atoms with E-state index in [-0.39, 0.29) is 5.78 Å². The van der Waals surface area contributed by atoms with Crippen molar-refractivity contribution in [3.63, 3.8) is 0 Å². The SMILES string of the molecule is CCC(=O)CCc1c(C)cccc1C(=O)O. The number of rotatable bonds is 5. The molecule has 0 unspecified atom stereocenters. The van der Waals surface area contributed by atoms with Gasteiger partial charge in [-0.1, -0.05) is 19.1 Å². The highest BCUT2D eigenvalue weighted by molar-refractivity contribution is 5.90. The Labute approximate surface area is 95.1 Å². The quantitative estimate of drug-likeness (QED) is 0.829. The number of ketones is 1. The summed E-state index contributed by atoms with van der Waals surface area (Å²) in [5.41, 5.74) is 2.02. The zero-order chi connectivity index (χ0) is 12.1. The minimum atomic E-state index is -0.928. The van der Waals surface area contributed by atoms with Gasteiger partial charge < -0.3 is 5.11 Å². The summed E-state index contributed by atoms with van der Waals surface area (Å²) < 4.78 is 0. The molecule has 0 aliphatic carbocycles. The van der Waals surface area contributed by atoms with E-state index < -0.39 is 5.97 Å². The topological polar surface area (TPSA) is 54.4 Å². The Morgan fingerprint density at radius 1 is 1.31 bits per heavy atom. The van der Waals surface area contributed by atoms with Crippen molar-refractivity contribution in [3.8, 4) is 0 Å². The number of hydrogen-bond acceptors (Lipinski definition) is 2. The first-order chi connectivity index (χ1) is 7.56. The van der Waals surface area contributed by atoms with Crippen molar-refractivity contribution in [1.82, 2.24) is 0 Å². The number of aryl methyl sites for hydroxylation is 1. The zero-order valence-electron chi connectivity index (χ0n) is 9.62. The molecule has 3 heteroatoms. The summed E-state index contributed by atoms with van der Waals surface area (Å²) in [5.74, 6) is -0.762. The normalized spacial score (nSPS) is 10.1. The Hall–Kier alpha value is -1.64. The van der Waals surface area contributed by atoms with Crippen molar-refractivity contribution in [2.75, 3.05) is 0 Å². The van der Waals surface area contributed by atoms with Gasteiger partial charge in [-0.3, -0.25) is 4.79 Å². The van der Waals surface area contributed by atoms with Crippen molar-refractivity contribution in [2.45, 2.75) is 33.1 Å². The lowest BCUT2D eigenvalue weighted by atomic mass is 9.96. The number of carboxylic acid groups (broad SMARTS) is 1. The highest BCUT2D eigenvalue weighted by atomic mass is 16.4. The number of Topliss-reactive ketones (excluding diaryl/α,β-unsaturated/α-hetero) is 1. The molecule has 1 aromatic carbocycles. The Morgan fingerprint density at radius 2 is 2.00 bits per heavy atom. The molecular formula is C13H16O3. The van der Waals surface area contributed by atoms with Crippen molar-refractivity contribution in [2.24, 2.45) is 0 Å². The van der Waals surface area contributed by atoms with E-state index in [4.69, 9.17) is 5.11 Å². The summed E-state index contributed by atoms with van der Waals surface area (Å²) in [4.78, 5) is 22.2. The minimum absolute atomic E-state index is 0.166. The average molecular weight is 220 g/mol. The van der Waals surface area contributed by atoms with Crippen LogP contribution in [0.2, 0.25) is 0 Å². The fraction of sp³-hybridized carbons (Fsp3) is 0.385. The lowest BCUT2D eigenvalue weighted by Gasteiger charge is -2.08. The molecule has 3 nitrogen and oxygen atoms in total. The molecule has 0 saturated heterocycles. The van der Waals surface area contributed by atoms with E-state index in [1.807, 2.05) is 19.9 Å². The lowest BCUT2D eigenvalue weighted by molar-refractivity contribution is -0.118. The number of benzene rings is 1. The van der Waals surface area contributed by atoms with Crippen LogP contribution < -0.4 is 0 Å². The summed E-state index contributed by atoms with van der Waals surface area (Å²) in [5, 5.41) is 9.03. The molecule has 16 heavy (non-hydrogen) atoms. The van der Waals surface area contributed by atoms with Gasteiger partial charge in [-0.2, -0.15) is 0 Å². The summed E-state index contributed by atoms with van der Waals surface area (Å²) in [7, 11) is 0. The Balaban J connectivity index is 2.93. The molecular weight excluding hydrogens is 204 g/mol. The molecule has 0 saturated carbocycles. The second-order valence-electron chi connectivity index (χ2n) is 3.80. The van der Waals surface area contributed by atoms with Gasteiger partial charge in [0.05, 0.1) is 5.56 Å². The Kier molecular flexibility index (Phi) is 4.23. The van der Waals surface area contributed by atoms with Gasteiger partial charge >= 0.3 is 5.97 Å². The Bertz CT molecular complexity index is 408. The number of carboxylic acids is 1. The van der Waals surface area contributed by atoms with E-state index in [0.29, 0.717) is 24.8 Å². The fourth-order valence-corrected chi connectivity index (χ4v) is 1.68. The van der Waals surface area contributed by atoms with Crippen LogP contribution in [0.4, 0.5) is 0 Å². The van der Waals surface area contributed by atoms with Gasteiger partial charge in [0.1, 0.15) is 5.78 Å². The van der Waals surface area contributed by atoms with Crippen molar-refractivity contribution < 1.29 is 14.7 Å². The molecule has 0 aromatic heterocycles. The highest BCUT2D eigenvalue weighted by Crippen LogP contribution is 2.16. The largest absolute Gasteiger partial charge is 0.478 e. The Morgan fingerprint density at radius 3 is 2.56 bits per heavy atom. The van der Waals surface area contributed by atoms with Crippen LogP contribution in [-0.4, -0.2) is 16.9 Å². The molecule has 1 rings (SSSR count). The summed E-state index contributed by atoms with van der Waals surface area (Å²) >= 11 is 0. The zero-order valence-corrected chi connectivity index (χ0v) is 9.62. The molecule has 0 fully saturated rings. The van der Waals surface area contributed by atoms with Crippen LogP contribution in [0.25, 0.3) is 0 Å². The molecule has 0 bridgehead atoms. The third kappa shape index (κ3) is 2.92. The maximum atomic E-state index is 11.2. The predicted molar refractivity (Wildman–Crippen MR) is 61.8 cm³/mol. The minimum Gasteiger partial charge on any atom is -0.478 e. The van der Waals surface area contributed by atoms with E-state index in [9.17, 15) is 9.59 Å². The van der Waals surface area contributed by atoms with Crippen LogP contribution in [0.5, 0.6) is 0 Å². The third-order valence-electron chi connectivity index (χ3n) is 2.69. The summed E-state index contributed by atoms with van der Waals surface area (Å²) in [6.45, 7) is 3.69. The average Bonchev–Trinajstić information content (AvgIpc) is 2.26. The van der Waals surface area contributed by atoms with E-state index in [2.05, 4.69) is 0 Å². The summed E-state index contributed by atoms with van der Waals surface area (Å²) in [6.07, 6.45) is 1.44. The number of carbonyl (C=O) groups is 2. The number of aromatic carboxylic acids is 1. The molecule has 0 amide bonds. The molecule has 0 atom stereocenters. The van der Waals surface area contributed by atoms with Gasteiger partial charge in [0.25, 0.3) is 0 Å². The fourth-order valence-electron chi connectivity index (χ4n) is 1.68. The van der Waals surface area contributed by atoms with Gasteiger partial charge in [0.15, 0.2) is 0 Å². The summed E-state index contributed by atoms with van der Waals surface area (Å²) in [6, 6.07) is 5.18. The van der Waals surface area contributed by atoms with Crippen molar-refractivity contribution in [3.05, 3.63) is 34.9 Å². The first kappa shape index (κ1) is 12.4. The van der Waals surface area contributed by atoms with Crippen LogP contribution in [0.15, 0.2) is 18.2 Å². The maximum Gasteiger partial charge on any atom is 0.335 e. The maximum absolute atomic E-state index is 11.2. The van der Waals surface area contributed by atoms with Crippen LogP contribution >= 0.6 is 0 Å². The molecule has 0 heterocycles. The van der Waals surface area contributed by atoms with Gasteiger partial charge in [0.2, 0.25) is 0 Å². The molecule has 1 aromatic rings. The van der Waals surface area contributed by atoms with Gasteiger partial charge in [-0.25, -0.2) is 4.79 Å². The van der Waals surface area contributed by atoms with Gasteiger partial charge in [0, 0.05) is 12.8 Å². The van der Waals surface area contributed by atoms with Crippen LogP contribution in [-0.2, 0) is 11.2 Å².